The van der Waals surface area contributed by atoms with E-state index in [0.717, 1.165) is 48.5 Å². The summed E-state index contributed by atoms with van der Waals surface area (Å²) < 4.78 is 5.78. The van der Waals surface area contributed by atoms with E-state index >= 15 is 0 Å². The summed E-state index contributed by atoms with van der Waals surface area (Å²) in [7, 11) is 0. The van der Waals surface area contributed by atoms with Crippen LogP contribution in [0.1, 0.15) is 36.5 Å². The highest BCUT2D eigenvalue weighted by Crippen LogP contribution is 2.34. The first kappa shape index (κ1) is 14.4. The van der Waals surface area contributed by atoms with Gasteiger partial charge in [0.25, 0.3) is 5.56 Å². The molecule has 1 fully saturated rings. The van der Waals surface area contributed by atoms with Crippen molar-refractivity contribution in [2.45, 2.75) is 51.9 Å². The molecule has 2 aromatic rings. The molecule has 0 amide bonds. The second kappa shape index (κ2) is 5.44. The molecule has 5 nitrogen and oxygen atoms in total. The summed E-state index contributed by atoms with van der Waals surface area (Å²) >= 11 is 1.71. The average molecular weight is 320 g/mol. The molecule has 1 aliphatic heterocycles. The number of ether oxygens (including phenoxy) is 1. The summed E-state index contributed by atoms with van der Waals surface area (Å²) in [5.41, 5.74) is 1.30. The Balaban J connectivity index is 1.64. The average Bonchev–Trinajstić information content (AvgIpc) is 2.96. The maximum absolute atomic E-state index is 12.5. The molecule has 0 spiro atoms. The third kappa shape index (κ3) is 2.49. The van der Waals surface area contributed by atoms with Crippen molar-refractivity contribution in [3.8, 4) is 0 Å². The van der Waals surface area contributed by atoms with Gasteiger partial charge in [0.05, 0.1) is 5.39 Å². The molecule has 1 saturated heterocycles. The highest BCUT2D eigenvalue weighted by atomic mass is 32.1. The zero-order valence-corrected chi connectivity index (χ0v) is 13.9. The van der Waals surface area contributed by atoms with Crippen molar-refractivity contribution in [2.75, 3.05) is 13.1 Å². The van der Waals surface area contributed by atoms with Crippen molar-refractivity contribution in [2.24, 2.45) is 0 Å². The number of morpholine rings is 1. The van der Waals surface area contributed by atoms with Gasteiger partial charge < -0.3 is 14.6 Å². The van der Waals surface area contributed by atoms with E-state index in [4.69, 9.17) is 9.72 Å². The fraction of sp³-hybridized carbons (Fsp3) is 0.625. The van der Waals surface area contributed by atoms with Crippen LogP contribution in [0.15, 0.2) is 4.79 Å². The lowest BCUT2D eigenvalue weighted by Gasteiger charge is -2.32. The van der Waals surface area contributed by atoms with Gasteiger partial charge in [0.15, 0.2) is 5.82 Å². The molecule has 2 aromatic heterocycles. The van der Waals surface area contributed by atoms with Crippen LogP contribution in [0.3, 0.4) is 0 Å². The van der Waals surface area contributed by atoms with Gasteiger partial charge in [-0.3, -0.25) is 4.79 Å². The van der Waals surface area contributed by atoms with Crippen LogP contribution < -0.4 is 10.5 Å². The summed E-state index contributed by atoms with van der Waals surface area (Å²) in [6, 6.07) is 0. The largest absolute Gasteiger partial charge is 0.364 e. The normalized spacial score (nSPS) is 28.2. The van der Waals surface area contributed by atoms with Crippen LogP contribution in [0.4, 0.5) is 0 Å². The van der Waals surface area contributed by atoms with Gasteiger partial charge in [-0.05, 0) is 38.7 Å². The van der Waals surface area contributed by atoms with Gasteiger partial charge in [-0.2, -0.15) is 0 Å². The second-order valence-corrected chi connectivity index (χ2v) is 7.73. The highest BCUT2D eigenvalue weighted by molar-refractivity contribution is 7.18. The van der Waals surface area contributed by atoms with E-state index in [0.29, 0.717) is 0 Å². The lowest BCUT2D eigenvalue weighted by atomic mass is 10.2. The molecule has 0 saturated carbocycles. The summed E-state index contributed by atoms with van der Waals surface area (Å²) in [5.74, 6) is 0.814. The quantitative estimate of drug-likeness (QED) is 0.855. The third-order valence-corrected chi connectivity index (χ3v) is 5.84. The van der Waals surface area contributed by atoms with Crippen molar-refractivity contribution < 1.29 is 9.64 Å². The Morgan fingerprint density at radius 2 is 2.09 bits per heavy atom. The molecule has 2 atom stereocenters. The number of fused-ring (bicyclic) bond motifs is 3. The summed E-state index contributed by atoms with van der Waals surface area (Å²) in [4.78, 5) is 24.0. The molecule has 0 unspecified atom stereocenters. The minimum absolute atomic E-state index is 0.0492. The van der Waals surface area contributed by atoms with E-state index in [9.17, 15) is 4.79 Å². The van der Waals surface area contributed by atoms with Crippen LogP contribution in [-0.4, -0.2) is 35.3 Å². The minimum Gasteiger partial charge on any atom is -0.364 e. The van der Waals surface area contributed by atoms with Gasteiger partial charge in [-0.25, -0.2) is 4.98 Å². The van der Waals surface area contributed by atoms with E-state index in [1.165, 1.54) is 21.8 Å². The van der Waals surface area contributed by atoms with E-state index in [-0.39, 0.29) is 17.8 Å². The third-order valence-electron chi connectivity index (χ3n) is 4.66. The number of hydrogen-bond acceptors (Lipinski definition) is 4. The molecule has 0 aromatic carbocycles. The Labute approximate surface area is 133 Å². The lowest BCUT2D eigenvalue weighted by Crippen LogP contribution is -3.14. The maximum Gasteiger partial charge on any atom is 0.260 e. The number of aryl methyl sites for hydroxylation is 2. The molecular weight excluding hydrogens is 298 g/mol. The monoisotopic (exact) mass is 320 g/mol. The predicted octanol–water partition coefficient (Wildman–Crippen LogP) is 0.665. The number of H-pyrrole nitrogens is 1. The Morgan fingerprint density at radius 1 is 1.32 bits per heavy atom. The molecule has 0 bridgehead atoms. The number of thiophene rings is 1. The van der Waals surface area contributed by atoms with Crippen LogP contribution in [-0.2, 0) is 24.1 Å². The molecule has 4 rings (SSSR count). The number of hydrogen-bond donors (Lipinski definition) is 2. The number of aromatic nitrogens is 2. The molecule has 3 heterocycles. The van der Waals surface area contributed by atoms with Crippen LogP contribution in [0.2, 0.25) is 0 Å². The lowest BCUT2D eigenvalue weighted by molar-refractivity contribution is -0.928. The van der Waals surface area contributed by atoms with Gasteiger partial charge in [0.1, 0.15) is 36.7 Å². The first-order valence-electron chi connectivity index (χ1n) is 8.12. The van der Waals surface area contributed by atoms with Gasteiger partial charge in [0.2, 0.25) is 0 Å². The van der Waals surface area contributed by atoms with E-state index in [2.05, 4.69) is 18.8 Å². The first-order chi connectivity index (χ1) is 10.6. The fourth-order valence-corrected chi connectivity index (χ4v) is 5.18. The zero-order valence-electron chi connectivity index (χ0n) is 13.1. The Hall–Kier alpha value is -1.24. The Bertz CT molecular complexity index is 757. The molecule has 2 N–H and O–H groups in total. The highest BCUT2D eigenvalue weighted by Gasteiger charge is 2.27. The van der Waals surface area contributed by atoms with E-state index < -0.39 is 0 Å². The van der Waals surface area contributed by atoms with Crippen LogP contribution in [0.25, 0.3) is 10.2 Å². The zero-order chi connectivity index (χ0) is 15.3. The van der Waals surface area contributed by atoms with Crippen LogP contribution in [0.5, 0.6) is 0 Å². The number of rotatable bonds is 2. The number of nitrogens with zero attached hydrogens (tertiary/aromatic N) is 1. The molecular formula is C16H22N3O2S+. The number of quaternary nitrogens is 1. The van der Waals surface area contributed by atoms with Crippen molar-refractivity contribution in [3.63, 3.8) is 0 Å². The smallest absolute Gasteiger partial charge is 0.260 e. The molecule has 1 aliphatic carbocycles. The Morgan fingerprint density at radius 3 is 2.86 bits per heavy atom. The molecule has 6 heteroatoms. The van der Waals surface area contributed by atoms with Crippen molar-refractivity contribution in [1.29, 1.82) is 0 Å². The summed E-state index contributed by atoms with van der Waals surface area (Å²) in [6.07, 6.45) is 3.84. The van der Waals surface area contributed by atoms with Crippen molar-refractivity contribution in [1.82, 2.24) is 9.97 Å². The first-order valence-corrected chi connectivity index (χ1v) is 8.94. The standard InChI is InChI=1S/C16H21N3O2S/c1-9-6-19(7-10(2)21-9)8-13-17-15(20)14-11-4-3-5-12(11)22-16(14)18-13/h9-10H,3-8H2,1-2H3,(H,17,18,20)/p+1/t9-,10-/m1/s1. The van der Waals surface area contributed by atoms with Crippen LogP contribution >= 0.6 is 11.3 Å². The Kier molecular flexibility index (Phi) is 3.55. The van der Waals surface area contributed by atoms with Crippen LogP contribution in [0, 0.1) is 0 Å². The van der Waals surface area contributed by atoms with Gasteiger partial charge in [-0.15, -0.1) is 11.3 Å². The van der Waals surface area contributed by atoms with E-state index in [1.54, 1.807) is 11.3 Å². The molecule has 22 heavy (non-hydrogen) atoms. The van der Waals surface area contributed by atoms with Gasteiger partial charge in [0, 0.05) is 4.88 Å². The van der Waals surface area contributed by atoms with Crippen molar-refractivity contribution >= 4 is 21.6 Å². The summed E-state index contributed by atoms with van der Waals surface area (Å²) in [6.45, 7) is 6.92. The SMILES string of the molecule is C[C@@H]1C[NH+](Cc2nc3sc4c(c3c(=O)[nH]2)CCC4)C[C@@H](C)O1. The minimum atomic E-state index is 0.0492. The molecule has 118 valence electrons. The van der Waals surface area contributed by atoms with Crippen molar-refractivity contribution in [3.05, 3.63) is 26.6 Å². The number of aromatic amines is 1. The maximum atomic E-state index is 12.5. The summed E-state index contributed by atoms with van der Waals surface area (Å²) in [5, 5.41) is 0.847. The van der Waals surface area contributed by atoms with E-state index in [1.807, 2.05) is 0 Å². The second-order valence-electron chi connectivity index (χ2n) is 6.64. The number of nitrogens with one attached hydrogen (secondary N) is 2. The molecule has 2 aliphatic rings. The predicted molar refractivity (Wildman–Crippen MR) is 86.7 cm³/mol. The molecule has 0 radical (unpaired) electrons. The fourth-order valence-electron chi connectivity index (χ4n) is 3.90. The van der Waals surface area contributed by atoms with Gasteiger partial charge in [-0.1, -0.05) is 0 Å². The van der Waals surface area contributed by atoms with Gasteiger partial charge >= 0.3 is 0 Å². The topological polar surface area (TPSA) is 59.4 Å².